The van der Waals surface area contributed by atoms with Gasteiger partial charge in [-0.05, 0) is 17.7 Å². The van der Waals surface area contributed by atoms with Crippen molar-refractivity contribution in [3.05, 3.63) is 81.0 Å². The third kappa shape index (κ3) is 3.30. The Kier molecular flexibility index (Phi) is 4.33. The predicted octanol–water partition coefficient (Wildman–Crippen LogP) is 0.840. The summed E-state index contributed by atoms with van der Waals surface area (Å²) in [6, 6.07) is 15.8. The third-order valence-corrected chi connectivity index (χ3v) is 3.39. The van der Waals surface area contributed by atoms with E-state index in [9.17, 15) is 14.4 Å². The predicted molar refractivity (Wildman–Crippen MR) is 91.0 cm³/mol. The van der Waals surface area contributed by atoms with Gasteiger partial charge in [-0.1, -0.05) is 42.5 Å². The van der Waals surface area contributed by atoms with Crippen LogP contribution in [-0.4, -0.2) is 21.7 Å². The molecule has 2 aromatic carbocycles. The van der Waals surface area contributed by atoms with Crippen LogP contribution in [0.5, 0.6) is 0 Å². The fourth-order valence-electron chi connectivity index (χ4n) is 2.24. The van der Waals surface area contributed by atoms with Crippen LogP contribution in [0, 0.1) is 0 Å². The topological polar surface area (TPSA) is 96.3 Å². The fraction of sp³-hybridized carbons (Fsp3) is 0.0588. The van der Waals surface area contributed by atoms with Crippen molar-refractivity contribution in [2.24, 2.45) is 5.10 Å². The van der Waals surface area contributed by atoms with Crippen LogP contribution >= 0.6 is 0 Å². The van der Waals surface area contributed by atoms with E-state index < -0.39 is 23.7 Å². The lowest BCUT2D eigenvalue weighted by molar-refractivity contribution is -0.121. The monoisotopic (exact) mass is 322 g/mol. The molecule has 0 unspecified atom stereocenters. The molecule has 1 heterocycles. The Morgan fingerprint density at radius 1 is 1.08 bits per heavy atom. The summed E-state index contributed by atoms with van der Waals surface area (Å²) in [5, 5.41) is 4.15. The average molecular weight is 322 g/mol. The van der Waals surface area contributed by atoms with E-state index in [1.54, 1.807) is 24.3 Å². The number of aromatic nitrogens is 2. The lowest BCUT2D eigenvalue weighted by Crippen LogP contribution is -2.39. The highest BCUT2D eigenvalue weighted by Crippen LogP contribution is 2.02. The summed E-state index contributed by atoms with van der Waals surface area (Å²) in [4.78, 5) is 38.8. The summed E-state index contributed by atoms with van der Waals surface area (Å²) in [6.07, 6.45) is 1.48. The molecule has 0 saturated heterocycles. The summed E-state index contributed by atoms with van der Waals surface area (Å²) in [7, 11) is 0. The summed E-state index contributed by atoms with van der Waals surface area (Å²) in [6.45, 7) is -0.412. The first-order valence-corrected chi connectivity index (χ1v) is 7.24. The number of benzene rings is 2. The van der Waals surface area contributed by atoms with Gasteiger partial charge in [-0.15, -0.1) is 0 Å². The number of hydrazone groups is 1. The number of hydrogen-bond donors (Lipinski definition) is 2. The van der Waals surface area contributed by atoms with Gasteiger partial charge in [0.25, 0.3) is 11.5 Å². The van der Waals surface area contributed by atoms with Crippen LogP contribution < -0.4 is 16.7 Å². The first-order valence-electron chi connectivity index (χ1n) is 7.24. The molecule has 0 aliphatic carbocycles. The fourth-order valence-corrected chi connectivity index (χ4v) is 2.24. The quantitative estimate of drug-likeness (QED) is 0.550. The molecule has 0 fully saturated rings. The molecular weight excluding hydrogens is 308 g/mol. The number of aromatic amines is 1. The maximum absolute atomic E-state index is 12.3. The first kappa shape index (κ1) is 15.4. The molecule has 7 nitrogen and oxygen atoms in total. The highest BCUT2D eigenvalue weighted by atomic mass is 16.2. The molecule has 3 aromatic rings. The van der Waals surface area contributed by atoms with E-state index in [4.69, 9.17) is 0 Å². The number of hydrogen-bond acceptors (Lipinski definition) is 4. The van der Waals surface area contributed by atoms with E-state index in [0.717, 1.165) is 10.1 Å². The van der Waals surface area contributed by atoms with Crippen molar-refractivity contribution >= 4 is 23.0 Å². The van der Waals surface area contributed by atoms with Gasteiger partial charge in [0.05, 0.1) is 17.1 Å². The summed E-state index contributed by atoms with van der Waals surface area (Å²) < 4.78 is 0.843. The van der Waals surface area contributed by atoms with E-state index in [2.05, 4.69) is 15.5 Å². The smallest absolute Gasteiger partial charge is 0.307 e. The molecule has 0 aliphatic heterocycles. The third-order valence-electron chi connectivity index (χ3n) is 3.39. The standard InChI is InChI=1S/C17H14N4O3/c22-15(20-18-10-12-6-2-1-3-7-12)11-21-16(23)13-8-4-5-9-14(13)19-17(21)24/h1-10H,11H2,(H,19,24)(H,20,22). The molecular formula is C17H14N4O3. The summed E-state index contributed by atoms with van der Waals surface area (Å²) in [5.41, 5.74) is 2.40. The Morgan fingerprint density at radius 3 is 2.58 bits per heavy atom. The number of amides is 1. The number of rotatable bonds is 4. The Morgan fingerprint density at radius 2 is 1.79 bits per heavy atom. The van der Waals surface area contributed by atoms with Gasteiger partial charge in [0, 0.05) is 0 Å². The number of fused-ring (bicyclic) bond motifs is 1. The number of para-hydroxylation sites is 1. The second kappa shape index (κ2) is 6.74. The van der Waals surface area contributed by atoms with Crippen LogP contribution in [0.3, 0.4) is 0 Å². The molecule has 24 heavy (non-hydrogen) atoms. The molecule has 120 valence electrons. The van der Waals surface area contributed by atoms with Crippen LogP contribution in [0.2, 0.25) is 0 Å². The highest BCUT2D eigenvalue weighted by Gasteiger charge is 2.10. The Bertz CT molecular complexity index is 1020. The molecule has 1 aromatic heterocycles. The summed E-state index contributed by atoms with van der Waals surface area (Å²) in [5.74, 6) is -0.565. The van der Waals surface area contributed by atoms with Gasteiger partial charge >= 0.3 is 5.69 Å². The van der Waals surface area contributed by atoms with Crippen molar-refractivity contribution in [2.45, 2.75) is 6.54 Å². The minimum atomic E-state index is -0.638. The molecule has 0 radical (unpaired) electrons. The van der Waals surface area contributed by atoms with Crippen molar-refractivity contribution in [1.82, 2.24) is 15.0 Å². The zero-order valence-electron chi connectivity index (χ0n) is 12.6. The van der Waals surface area contributed by atoms with Gasteiger partial charge in [0.2, 0.25) is 0 Å². The lowest BCUT2D eigenvalue weighted by Gasteiger charge is -2.05. The molecule has 7 heteroatoms. The molecule has 3 rings (SSSR count). The molecule has 0 atom stereocenters. The second-order valence-corrected chi connectivity index (χ2v) is 5.07. The number of nitrogens with zero attached hydrogens (tertiary/aromatic N) is 2. The number of carbonyl (C=O) groups excluding carboxylic acids is 1. The lowest BCUT2D eigenvalue weighted by atomic mass is 10.2. The van der Waals surface area contributed by atoms with Crippen LogP contribution in [-0.2, 0) is 11.3 Å². The van der Waals surface area contributed by atoms with E-state index in [-0.39, 0.29) is 0 Å². The molecule has 2 N–H and O–H groups in total. The second-order valence-electron chi connectivity index (χ2n) is 5.07. The average Bonchev–Trinajstić information content (AvgIpc) is 2.59. The van der Waals surface area contributed by atoms with E-state index in [0.29, 0.717) is 10.9 Å². The van der Waals surface area contributed by atoms with E-state index >= 15 is 0 Å². The minimum Gasteiger partial charge on any atom is -0.307 e. The Hall–Kier alpha value is -3.48. The zero-order valence-corrected chi connectivity index (χ0v) is 12.6. The molecule has 0 saturated carbocycles. The summed E-state index contributed by atoms with van der Waals surface area (Å²) >= 11 is 0. The van der Waals surface area contributed by atoms with Gasteiger partial charge in [-0.25, -0.2) is 10.2 Å². The van der Waals surface area contributed by atoms with E-state index in [1.807, 2.05) is 30.3 Å². The number of nitrogens with one attached hydrogen (secondary N) is 2. The highest BCUT2D eigenvalue weighted by molar-refractivity contribution is 5.82. The van der Waals surface area contributed by atoms with Gasteiger partial charge in [0.1, 0.15) is 6.54 Å². The minimum absolute atomic E-state index is 0.345. The van der Waals surface area contributed by atoms with Crippen molar-refractivity contribution in [3.8, 4) is 0 Å². The van der Waals surface area contributed by atoms with Crippen LogP contribution in [0.1, 0.15) is 5.56 Å². The van der Waals surface area contributed by atoms with Gasteiger partial charge in [0.15, 0.2) is 0 Å². The number of carbonyl (C=O) groups is 1. The van der Waals surface area contributed by atoms with Crippen LogP contribution in [0.15, 0.2) is 69.3 Å². The Balaban J connectivity index is 1.77. The molecule has 0 bridgehead atoms. The molecule has 0 aliphatic rings. The zero-order chi connectivity index (χ0) is 16.9. The molecule has 0 spiro atoms. The largest absolute Gasteiger partial charge is 0.329 e. The van der Waals surface area contributed by atoms with Crippen molar-refractivity contribution < 1.29 is 4.79 Å². The number of H-pyrrole nitrogens is 1. The van der Waals surface area contributed by atoms with Crippen molar-refractivity contribution in [3.63, 3.8) is 0 Å². The maximum Gasteiger partial charge on any atom is 0.329 e. The normalized spacial score (nSPS) is 11.0. The van der Waals surface area contributed by atoms with Crippen LogP contribution in [0.4, 0.5) is 0 Å². The van der Waals surface area contributed by atoms with Crippen molar-refractivity contribution in [1.29, 1.82) is 0 Å². The maximum atomic E-state index is 12.3. The SMILES string of the molecule is O=C(Cn1c(=O)[nH]c2ccccc2c1=O)NN=Cc1ccccc1. The molecule has 1 amide bonds. The van der Waals surface area contributed by atoms with Gasteiger partial charge in [-0.3, -0.25) is 14.2 Å². The van der Waals surface area contributed by atoms with Crippen LogP contribution in [0.25, 0.3) is 10.9 Å². The van der Waals surface area contributed by atoms with Gasteiger partial charge in [-0.2, -0.15) is 5.10 Å². The first-order chi connectivity index (χ1) is 11.6. The Labute approximate surface area is 136 Å². The van der Waals surface area contributed by atoms with Crippen molar-refractivity contribution in [2.75, 3.05) is 0 Å². The van der Waals surface area contributed by atoms with Gasteiger partial charge < -0.3 is 4.98 Å². The van der Waals surface area contributed by atoms with E-state index in [1.165, 1.54) is 6.21 Å².